The molecule has 1 nitrogen and oxygen atoms in total. The molecule has 0 aromatic heterocycles. The van der Waals surface area contributed by atoms with Crippen molar-refractivity contribution < 1.29 is 4.39 Å². The predicted octanol–water partition coefficient (Wildman–Crippen LogP) is 2.45. The summed E-state index contributed by atoms with van der Waals surface area (Å²) >= 11 is 1.95. The summed E-state index contributed by atoms with van der Waals surface area (Å²) in [4.78, 5) is 0. The van der Waals surface area contributed by atoms with Crippen LogP contribution in [0.1, 0.15) is 18.5 Å². The molecule has 0 spiro atoms. The van der Waals surface area contributed by atoms with E-state index in [1.165, 1.54) is 6.07 Å². The van der Waals surface area contributed by atoms with E-state index in [1.54, 1.807) is 6.07 Å². The second kappa shape index (κ2) is 3.49. The van der Waals surface area contributed by atoms with Crippen LogP contribution in [0.4, 0.5) is 4.39 Å². The van der Waals surface area contributed by atoms with Crippen molar-refractivity contribution in [1.82, 2.24) is 0 Å². The molecule has 1 aromatic rings. The van der Waals surface area contributed by atoms with E-state index in [0.717, 1.165) is 5.56 Å². The van der Waals surface area contributed by atoms with Gasteiger partial charge in [0.1, 0.15) is 5.82 Å². The van der Waals surface area contributed by atoms with Crippen LogP contribution < -0.4 is 5.73 Å². The van der Waals surface area contributed by atoms with Gasteiger partial charge in [-0.25, -0.2) is 4.39 Å². The van der Waals surface area contributed by atoms with E-state index in [2.05, 4.69) is 0 Å². The average Bonchev–Trinajstić information content (AvgIpc) is 1.94. The molecule has 0 fully saturated rings. The molecule has 3 heteroatoms. The summed E-state index contributed by atoms with van der Waals surface area (Å²) < 4.78 is 13.5. The fourth-order valence-electron chi connectivity index (χ4n) is 0.796. The first-order valence-corrected chi connectivity index (χ1v) is 4.39. The van der Waals surface area contributed by atoms with E-state index in [4.69, 9.17) is 5.73 Å². The summed E-state index contributed by atoms with van der Waals surface area (Å²) in [5.41, 5.74) is 6.40. The second-order valence-corrected chi connectivity index (χ2v) is 3.62. The minimum atomic E-state index is -0.194. The molecule has 0 aliphatic carbocycles. The van der Waals surface area contributed by atoms with E-state index in [9.17, 15) is 4.39 Å². The molecule has 11 heavy (non-hydrogen) atoms. The Kier molecular flexibility index (Phi) is 2.84. The molecular weight excluding hydrogens is 256 g/mol. The number of hydrogen-bond donors (Lipinski definition) is 1. The van der Waals surface area contributed by atoms with Crippen molar-refractivity contribution in [2.45, 2.75) is 13.0 Å². The van der Waals surface area contributed by atoms with Crippen molar-refractivity contribution in [2.75, 3.05) is 0 Å². The Morgan fingerprint density at radius 1 is 1.55 bits per heavy atom. The average molecular weight is 265 g/mol. The molecule has 0 aliphatic rings. The summed E-state index contributed by atoms with van der Waals surface area (Å²) in [5, 5.41) is 0. The van der Waals surface area contributed by atoms with Gasteiger partial charge in [0.15, 0.2) is 0 Å². The lowest BCUT2D eigenvalue weighted by Crippen LogP contribution is -2.05. The maximum Gasteiger partial charge on any atom is 0.136 e. The van der Waals surface area contributed by atoms with Crippen LogP contribution >= 0.6 is 22.6 Å². The summed E-state index contributed by atoms with van der Waals surface area (Å²) in [7, 11) is 0. The van der Waals surface area contributed by atoms with Crippen molar-refractivity contribution in [3.63, 3.8) is 0 Å². The Hall–Kier alpha value is -0.160. The topological polar surface area (TPSA) is 26.0 Å². The minimum Gasteiger partial charge on any atom is -0.324 e. The molecule has 1 rings (SSSR count). The third kappa shape index (κ3) is 2.13. The molecule has 1 unspecified atom stereocenters. The van der Waals surface area contributed by atoms with Crippen molar-refractivity contribution in [1.29, 1.82) is 0 Å². The van der Waals surface area contributed by atoms with E-state index in [0.29, 0.717) is 3.57 Å². The highest BCUT2D eigenvalue weighted by atomic mass is 127. The van der Waals surface area contributed by atoms with Gasteiger partial charge in [0.05, 0.1) is 0 Å². The number of nitrogens with two attached hydrogens (primary N) is 1. The van der Waals surface area contributed by atoms with Crippen LogP contribution in [0, 0.1) is 9.39 Å². The van der Waals surface area contributed by atoms with E-state index < -0.39 is 0 Å². The molecular formula is C8H9FIN. The fourth-order valence-corrected chi connectivity index (χ4v) is 1.13. The van der Waals surface area contributed by atoms with Crippen molar-refractivity contribution in [3.8, 4) is 0 Å². The highest BCUT2D eigenvalue weighted by molar-refractivity contribution is 14.1. The van der Waals surface area contributed by atoms with Crippen LogP contribution in [0.3, 0.4) is 0 Å². The lowest BCUT2D eigenvalue weighted by molar-refractivity contribution is 0.615. The molecule has 2 N–H and O–H groups in total. The molecule has 1 aromatic carbocycles. The van der Waals surface area contributed by atoms with Crippen LogP contribution in [0.2, 0.25) is 0 Å². The normalized spacial score (nSPS) is 13.1. The van der Waals surface area contributed by atoms with Crippen LogP contribution in [0.5, 0.6) is 0 Å². The highest BCUT2D eigenvalue weighted by Gasteiger charge is 2.02. The van der Waals surface area contributed by atoms with Crippen LogP contribution in [0.15, 0.2) is 18.2 Å². The van der Waals surface area contributed by atoms with Crippen LogP contribution in [0.25, 0.3) is 0 Å². The van der Waals surface area contributed by atoms with Gasteiger partial charge >= 0.3 is 0 Å². The van der Waals surface area contributed by atoms with E-state index >= 15 is 0 Å². The molecule has 0 aliphatic heterocycles. The van der Waals surface area contributed by atoms with Gasteiger partial charge < -0.3 is 5.73 Å². The van der Waals surface area contributed by atoms with Gasteiger partial charge in [-0.15, -0.1) is 0 Å². The molecule has 0 heterocycles. The zero-order valence-corrected chi connectivity index (χ0v) is 8.30. The molecule has 0 saturated heterocycles. The number of benzene rings is 1. The molecule has 1 atom stereocenters. The van der Waals surface area contributed by atoms with Gasteiger partial charge in [0.25, 0.3) is 0 Å². The lowest BCUT2D eigenvalue weighted by atomic mass is 10.1. The highest BCUT2D eigenvalue weighted by Crippen LogP contribution is 2.16. The maximum absolute atomic E-state index is 12.9. The SMILES string of the molecule is CC(N)c1ccc(I)c(F)c1. The van der Waals surface area contributed by atoms with Gasteiger partial charge in [-0.2, -0.15) is 0 Å². The Morgan fingerprint density at radius 3 is 2.64 bits per heavy atom. The Balaban J connectivity index is 3.05. The first-order chi connectivity index (χ1) is 5.11. The standard InChI is InChI=1S/C8H9FIN/c1-5(11)6-2-3-8(10)7(9)4-6/h2-5H,11H2,1H3. The molecule has 0 bridgehead atoms. The first-order valence-electron chi connectivity index (χ1n) is 3.32. The van der Waals surface area contributed by atoms with Crippen molar-refractivity contribution >= 4 is 22.6 Å². The zero-order chi connectivity index (χ0) is 8.43. The monoisotopic (exact) mass is 265 g/mol. The maximum atomic E-state index is 12.9. The quantitative estimate of drug-likeness (QED) is 0.775. The largest absolute Gasteiger partial charge is 0.324 e. The van der Waals surface area contributed by atoms with Crippen LogP contribution in [-0.4, -0.2) is 0 Å². The third-order valence-electron chi connectivity index (χ3n) is 1.47. The second-order valence-electron chi connectivity index (χ2n) is 2.46. The van der Waals surface area contributed by atoms with Crippen LogP contribution in [-0.2, 0) is 0 Å². The third-order valence-corrected chi connectivity index (χ3v) is 2.34. The zero-order valence-electron chi connectivity index (χ0n) is 6.14. The first kappa shape index (κ1) is 8.93. The fraction of sp³-hybridized carbons (Fsp3) is 0.250. The minimum absolute atomic E-state index is 0.0958. The summed E-state index contributed by atoms with van der Waals surface area (Å²) in [5.74, 6) is -0.194. The lowest BCUT2D eigenvalue weighted by Gasteiger charge is -2.05. The summed E-state index contributed by atoms with van der Waals surface area (Å²) in [6, 6.07) is 4.96. The Labute approximate surface area is 78.9 Å². The van der Waals surface area contributed by atoms with Gasteiger partial charge in [-0.3, -0.25) is 0 Å². The van der Waals surface area contributed by atoms with Crippen molar-refractivity contribution in [2.24, 2.45) is 5.73 Å². The van der Waals surface area contributed by atoms with Crippen molar-refractivity contribution in [3.05, 3.63) is 33.1 Å². The number of hydrogen-bond acceptors (Lipinski definition) is 1. The molecule has 0 saturated carbocycles. The number of rotatable bonds is 1. The molecule has 0 amide bonds. The smallest absolute Gasteiger partial charge is 0.136 e. The van der Waals surface area contributed by atoms with Gasteiger partial charge in [0.2, 0.25) is 0 Å². The Morgan fingerprint density at radius 2 is 2.18 bits per heavy atom. The summed E-state index contributed by atoms with van der Waals surface area (Å²) in [6.07, 6.45) is 0. The van der Waals surface area contributed by atoms with Gasteiger partial charge in [-0.1, -0.05) is 6.07 Å². The van der Waals surface area contributed by atoms with E-state index in [1.807, 2.05) is 35.6 Å². The summed E-state index contributed by atoms with van der Waals surface area (Å²) in [6.45, 7) is 1.83. The van der Waals surface area contributed by atoms with Gasteiger partial charge in [-0.05, 0) is 47.2 Å². The Bertz CT molecular complexity index is 260. The predicted molar refractivity (Wildman–Crippen MR) is 51.7 cm³/mol. The molecule has 0 radical (unpaired) electrons. The van der Waals surface area contributed by atoms with Gasteiger partial charge in [0, 0.05) is 9.61 Å². The van der Waals surface area contributed by atoms with E-state index in [-0.39, 0.29) is 11.9 Å². The molecule has 60 valence electrons. The number of halogens is 2.